The van der Waals surface area contributed by atoms with E-state index in [1.54, 1.807) is 6.07 Å². The number of anilines is 1. The predicted molar refractivity (Wildman–Crippen MR) is 73.7 cm³/mol. The van der Waals surface area contributed by atoms with Gasteiger partial charge in [-0.05, 0) is 30.3 Å². The van der Waals surface area contributed by atoms with Crippen molar-refractivity contribution in [2.24, 2.45) is 0 Å². The van der Waals surface area contributed by atoms with Gasteiger partial charge in [0.1, 0.15) is 0 Å². The number of benzene rings is 1. The molecule has 19 heavy (non-hydrogen) atoms. The lowest BCUT2D eigenvalue weighted by Gasteiger charge is -2.05. The lowest BCUT2D eigenvalue weighted by molar-refractivity contribution is 0.961. The van der Waals surface area contributed by atoms with Crippen LogP contribution < -0.4 is 5.32 Å². The van der Waals surface area contributed by atoms with Gasteiger partial charge in [-0.3, -0.25) is 0 Å². The number of nitriles is 1. The minimum atomic E-state index is 0.657. The summed E-state index contributed by atoms with van der Waals surface area (Å²) in [4.78, 5) is 0. The molecule has 0 radical (unpaired) electrons. The highest BCUT2D eigenvalue weighted by Crippen LogP contribution is 2.14. The number of hydrogen-bond donors (Lipinski definition) is 1. The number of pyridine rings is 1. The van der Waals surface area contributed by atoms with E-state index in [4.69, 9.17) is 5.26 Å². The molecule has 0 aliphatic carbocycles. The van der Waals surface area contributed by atoms with Crippen LogP contribution in [0.25, 0.3) is 5.52 Å². The molecule has 0 aliphatic heterocycles. The average molecular weight is 248 g/mol. The second-order valence-electron chi connectivity index (χ2n) is 4.25. The molecule has 0 saturated carbocycles. The number of nitrogens with zero attached hydrogens (tertiary/aromatic N) is 3. The Labute approximate surface area is 110 Å². The van der Waals surface area contributed by atoms with Crippen LogP contribution >= 0.6 is 0 Å². The molecule has 4 nitrogen and oxygen atoms in total. The molecule has 1 N–H and O–H groups in total. The highest BCUT2D eigenvalue weighted by Gasteiger charge is 2.02. The standard InChI is InChI=1S/C15H12N4/c16-9-12-4-3-5-14(8-12)17-10-13-11-18-19-7-2-1-6-15(13)19/h1-8,11,17H,10H2. The van der Waals surface area contributed by atoms with Gasteiger partial charge in [-0.1, -0.05) is 12.1 Å². The maximum absolute atomic E-state index is 8.86. The van der Waals surface area contributed by atoms with Gasteiger partial charge in [-0.15, -0.1) is 0 Å². The van der Waals surface area contributed by atoms with Crippen LogP contribution in [0.1, 0.15) is 11.1 Å². The zero-order chi connectivity index (χ0) is 13.1. The van der Waals surface area contributed by atoms with Crippen molar-refractivity contribution in [3.63, 3.8) is 0 Å². The number of rotatable bonds is 3. The molecule has 0 atom stereocenters. The fourth-order valence-electron chi connectivity index (χ4n) is 2.02. The van der Waals surface area contributed by atoms with Crippen LogP contribution in [0.2, 0.25) is 0 Å². The molecule has 2 heterocycles. The molecule has 0 aliphatic rings. The Bertz CT molecular complexity index is 752. The molecule has 92 valence electrons. The SMILES string of the molecule is N#Cc1cccc(NCc2cnn3ccccc23)c1. The Morgan fingerprint density at radius 3 is 3.05 bits per heavy atom. The summed E-state index contributed by atoms with van der Waals surface area (Å²) in [6.07, 6.45) is 3.78. The van der Waals surface area contributed by atoms with Crippen molar-refractivity contribution in [2.75, 3.05) is 5.32 Å². The molecule has 3 rings (SSSR count). The first kappa shape index (κ1) is 11.3. The van der Waals surface area contributed by atoms with Crippen LogP contribution in [-0.4, -0.2) is 9.61 Å². The van der Waals surface area contributed by atoms with E-state index >= 15 is 0 Å². The number of fused-ring (bicyclic) bond motifs is 1. The van der Waals surface area contributed by atoms with Gasteiger partial charge in [0.2, 0.25) is 0 Å². The fourth-order valence-corrected chi connectivity index (χ4v) is 2.02. The van der Waals surface area contributed by atoms with E-state index in [0.29, 0.717) is 12.1 Å². The molecular weight excluding hydrogens is 236 g/mol. The lowest BCUT2D eigenvalue weighted by atomic mass is 10.2. The Morgan fingerprint density at radius 2 is 2.16 bits per heavy atom. The van der Waals surface area contributed by atoms with Crippen LogP contribution in [-0.2, 0) is 6.54 Å². The molecule has 0 fully saturated rings. The van der Waals surface area contributed by atoms with Crippen molar-refractivity contribution in [1.82, 2.24) is 9.61 Å². The van der Waals surface area contributed by atoms with Crippen LogP contribution in [0.15, 0.2) is 54.9 Å². The monoisotopic (exact) mass is 248 g/mol. The number of aromatic nitrogens is 2. The predicted octanol–water partition coefficient (Wildman–Crippen LogP) is 2.82. The highest BCUT2D eigenvalue weighted by molar-refractivity contribution is 5.56. The first-order chi connectivity index (χ1) is 9.36. The summed E-state index contributed by atoms with van der Waals surface area (Å²) in [5, 5.41) is 16.5. The van der Waals surface area contributed by atoms with E-state index in [-0.39, 0.29) is 0 Å². The first-order valence-electron chi connectivity index (χ1n) is 6.02. The topological polar surface area (TPSA) is 53.1 Å². The van der Waals surface area contributed by atoms with Crippen LogP contribution in [0.5, 0.6) is 0 Å². The molecule has 4 heteroatoms. The van der Waals surface area contributed by atoms with Crippen molar-refractivity contribution in [2.45, 2.75) is 6.54 Å². The van der Waals surface area contributed by atoms with Crippen molar-refractivity contribution in [1.29, 1.82) is 5.26 Å². The fraction of sp³-hybridized carbons (Fsp3) is 0.0667. The minimum Gasteiger partial charge on any atom is -0.381 e. The molecule has 0 unspecified atom stereocenters. The maximum atomic E-state index is 8.86. The third-order valence-corrected chi connectivity index (χ3v) is 2.98. The van der Waals surface area contributed by atoms with Gasteiger partial charge in [0.25, 0.3) is 0 Å². The molecule has 0 amide bonds. The third-order valence-electron chi connectivity index (χ3n) is 2.98. The van der Waals surface area contributed by atoms with Crippen LogP contribution in [0, 0.1) is 11.3 Å². The molecule has 0 bridgehead atoms. The van der Waals surface area contributed by atoms with Gasteiger partial charge in [0.05, 0.1) is 23.3 Å². The molecular formula is C15H12N4. The van der Waals surface area contributed by atoms with Gasteiger partial charge in [-0.25, -0.2) is 4.52 Å². The number of hydrogen-bond acceptors (Lipinski definition) is 3. The first-order valence-corrected chi connectivity index (χ1v) is 6.02. The summed E-state index contributed by atoms with van der Waals surface area (Å²) < 4.78 is 1.85. The molecule has 0 spiro atoms. The Balaban J connectivity index is 1.81. The van der Waals surface area contributed by atoms with Gasteiger partial charge in [-0.2, -0.15) is 10.4 Å². The van der Waals surface area contributed by atoms with Crippen molar-refractivity contribution in [3.8, 4) is 6.07 Å². The second kappa shape index (κ2) is 4.83. The van der Waals surface area contributed by atoms with Crippen LogP contribution in [0.3, 0.4) is 0 Å². The van der Waals surface area contributed by atoms with Crippen LogP contribution in [0.4, 0.5) is 5.69 Å². The van der Waals surface area contributed by atoms with Crippen molar-refractivity contribution < 1.29 is 0 Å². The summed E-state index contributed by atoms with van der Waals surface area (Å²) in [7, 11) is 0. The second-order valence-corrected chi connectivity index (χ2v) is 4.25. The summed E-state index contributed by atoms with van der Waals surface area (Å²) in [6.45, 7) is 0.683. The summed E-state index contributed by atoms with van der Waals surface area (Å²) >= 11 is 0. The normalized spacial score (nSPS) is 10.3. The lowest BCUT2D eigenvalue weighted by Crippen LogP contribution is -1.99. The summed E-state index contributed by atoms with van der Waals surface area (Å²) in [5.41, 5.74) is 3.81. The Hall–Kier alpha value is -2.80. The largest absolute Gasteiger partial charge is 0.381 e. The summed E-state index contributed by atoms with van der Waals surface area (Å²) in [5.74, 6) is 0. The van der Waals surface area contributed by atoms with Crippen molar-refractivity contribution >= 4 is 11.2 Å². The quantitative estimate of drug-likeness (QED) is 0.775. The van der Waals surface area contributed by atoms with Gasteiger partial charge < -0.3 is 5.32 Å². The molecule has 2 aromatic heterocycles. The van der Waals surface area contributed by atoms with Gasteiger partial charge in [0.15, 0.2) is 0 Å². The molecule has 1 aromatic carbocycles. The van der Waals surface area contributed by atoms with E-state index in [9.17, 15) is 0 Å². The molecule has 0 saturated heterocycles. The van der Waals surface area contributed by atoms with E-state index in [2.05, 4.69) is 16.5 Å². The Kier molecular flexibility index (Phi) is 2.87. The van der Waals surface area contributed by atoms with Gasteiger partial charge >= 0.3 is 0 Å². The minimum absolute atomic E-state index is 0.657. The smallest absolute Gasteiger partial charge is 0.0992 e. The Morgan fingerprint density at radius 1 is 1.21 bits per heavy atom. The zero-order valence-electron chi connectivity index (χ0n) is 10.2. The number of nitrogens with one attached hydrogen (secondary N) is 1. The summed E-state index contributed by atoms with van der Waals surface area (Å²) in [6, 6.07) is 15.6. The maximum Gasteiger partial charge on any atom is 0.0992 e. The average Bonchev–Trinajstić information content (AvgIpc) is 2.89. The molecule has 3 aromatic rings. The van der Waals surface area contributed by atoms with E-state index < -0.39 is 0 Å². The highest BCUT2D eigenvalue weighted by atomic mass is 15.2. The van der Waals surface area contributed by atoms with E-state index in [1.165, 1.54) is 0 Å². The van der Waals surface area contributed by atoms with E-state index in [1.807, 2.05) is 53.3 Å². The van der Waals surface area contributed by atoms with Gasteiger partial charge in [0, 0.05) is 24.0 Å². The third kappa shape index (κ3) is 2.26. The van der Waals surface area contributed by atoms with E-state index in [0.717, 1.165) is 16.8 Å². The zero-order valence-corrected chi connectivity index (χ0v) is 10.2. The van der Waals surface area contributed by atoms with Crippen molar-refractivity contribution in [3.05, 3.63) is 66.0 Å².